The minimum Gasteiger partial charge on any atom is -0.477 e. The fourth-order valence-corrected chi connectivity index (χ4v) is 7.07. The van der Waals surface area contributed by atoms with E-state index in [2.05, 4.69) is 25.1 Å². The molecule has 1 fully saturated rings. The monoisotopic (exact) mass is 608 g/mol. The highest BCUT2D eigenvalue weighted by molar-refractivity contribution is 8.00. The average molecular weight is 609 g/mol. The lowest BCUT2D eigenvalue weighted by atomic mass is 10.0. The van der Waals surface area contributed by atoms with Crippen molar-refractivity contribution in [1.29, 1.82) is 0 Å². The lowest BCUT2D eigenvalue weighted by Gasteiger charge is -2.49. The first kappa shape index (κ1) is 27.5. The summed E-state index contributed by atoms with van der Waals surface area (Å²) in [6.45, 7) is -0.295. The number of imidazole rings is 1. The van der Waals surface area contributed by atoms with Crippen LogP contribution in [0.25, 0.3) is 4.83 Å². The van der Waals surface area contributed by atoms with Crippen LogP contribution < -0.4 is 20.9 Å². The van der Waals surface area contributed by atoms with Crippen LogP contribution in [0.3, 0.4) is 0 Å². The molecular weight excluding hydrogens is 586 g/mol. The maximum absolute atomic E-state index is 13.2. The van der Waals surface area contributed by atoms with Crippen molar-refractivity contribution >= 4 is 74.5 Å². The Kier molecular flexibility index (Phi) is 7.70. The molecule has 6 N–H and O–H groups in total. The SMILES string of the molecule is CO/N=C(\C(=O)N[C@@H]1C(=O)N2C(C(=O)O)=C(C[n+]3cc4sccn4c3[C@H](CO)NC=O)CS[C@H]12)c1nsc(N)n1. The summed E-state index contributed by atoms with van der Waals surface area (Å²) in [4.78, 5) is 60.2. The summed E-state index contributed by atoms with van der Waals surface area (Å²) >= 11 is 3.58. The van der Waals surface area contributed by atoms with Gasteiger partial charge in [0.2, 0.25) is 22.8 Å². The molecule has 0 radical (unpaired) electrons. The Bertz CT molecular complexity index is 1560. The zero-order valence-corrected chi connectivity index (χ0v) is 23.0. The van der Waals surface area contributed by atoms with Gasteiger partial charge in [-0.3, -0.25) is 19.3 Å². The van der Waals surface area contributed by atoms with Gasteiger partial charge in [0, 0.05) is 28.2 Å². The van der Waals surface area contributed by atoms with E-state index in [1.54, 1.807) is 21.4 Å². The minimum absolute atomic E-state index is 0.0688. The van der Waals surface area contributed by atoms with Crippen molar-refractivity contribution in [2.75, 3.05) is 25.2 Å². The summed E-state index contributed by atoms with van der Waals surface area (Å²) in [6, 6.07) is -1.77. The minimum atomic E-state index is -1.30. The molecule has 0 saturated carbocycles. The van der Waals surface area contributed by atoms with Gasteiger partial charge in [-0.05, 0) is 0 Å². The van der Waals surface area contributed by atoms with E-state index in [0.717, 1.165) is 21.3 Å². The van der Waals surface area contributed by atoms with E-state index in [0.29, 0.717) is 17.8 Å². The molecule has 0 aliphatic carbocycles. The van der Waals surface area contributed by atoms with E-state index in [1.807, 2.05) is 5.38 Å². The van der Waals surface area contributed by atoms with Crippen LogP contribution in [-0.4, -0.2) is 89.7 Å². The first-order valence-corrected chi connectivity index (χ1v) is 14.2. The molecule has 3 aromatic rings. The van der Waals surface area contributed by atoms with Gasteiger partial charge in [0.05, 0.1) is 6.61 Å². The molecule has 3 aromatic heterocycles. The predicted octanol–water partition coefficient (Wildman–Crippen LogP) is -1.71. The number of aliphatic hydroxyl groups excluding tert-OH is 1. The highest BCUT2D eigenvalue weighted by atomic mass is 32.2. The number of nitrogens with two attached hydrogens (primary N) is 1. The number of carboxylic acids is 1. The van der Waals surface area contributed by atoms with E-state index in [9.17, 15) is 29.4 Å². The number of fused-ring (bicyclic) bond motifs is 2. The molecule has 0 bridgehead atoms. The Morgan fingerprint density at radius 3 is 2.90 bits per heavy atom. The maximum Gasteiger partial charge on any atom is 0.352 e. The van der Waals surface area contributed by atoms with Crippen molar-refractivity contribution in [1.82, 2.24) is 29.3 Å². The molecule has 0 aromatic carbocycles. The number of hydrogen-bond donors (Lipinski definition) is 5. The number of carbonyl (C=O) groups is 4. The summed E-state index contributed by atoms with van der Waals surface area (Å²) < 4.78 is 7.49. The summed E-state index contributed by atoms with van der Waals surface area (Å²) in [5, 5.41) is 30.1. The van der Waals surface area contributed by atoms with Crippen LogP contribution in [-0.2, 0) is 30.6 Å². The van der Waals surface area contributed by atoms with Gasteiger partial charge in [-0.25, -0.2) is 9.36 Å². The molecule has 3 atom stereocenters. The van der Waals surface area contributed by atoms with Crippen molar-refractivity contribution < 1.29 is 38.8 Å². The van der Waals surface area contributed by atoms with Gasteiger partial charge in [-0.15, -0.1) is 11.8 Å². The lowest BCUT2D eigenvalue weighted by Crippen LogP contribution is -2.71. The molecule has 19 heteroatoms. The number of carboxylic acid groups (broad SMARTS) is 1. The molecule has 5 heterocycles. The highest BCUT2D eigenvalue weighted by Crippen LogP contribution is 2.40. The second-order valence-corrected chi connectivity index (χ2v) is 11.3. The normalized spacial score (nSPS) is 19.7. The third-order valence-electron chi connectivity index (χ3n) is 6.16. The second kappa shape index (κ2) is 11.2. The third kappa shape index (κ3) is 4.76. The number of carbonyl (C=O) groups excluding carboxylic acids is 3. The third-order valence-corrected chi connectivity index (χ3v) is 8.84. The number of hydrogen-bond acceptors (Lipinski definition) is 13. The van der Waals surface area contributed by atoms with E-state index in [1.165, 1.54) is 30.2 Å². The Morgan fingerprint density at radius 2 is 2.25 bits per heavy atom. The number of aromatic nitrogens is 4. The number of anilines is 1. The zero-order valence-electron chi connectivity index (χ0n) is 20.6. The van der Waals surface area contributed by atoms with Gasteiger partial charge in [-0.1, -0.05) is 16.5 Å². The fraction of sp³-hybridized carbons (Fsp3) is 0.333. The molecule has 16 nitrogen and oxygen atoms in total. The van der Waals surface area contributed by atoms with E-state index >= 15 is 0 Å². The molecule has 1 saturated heterocycles. The molecule has 0 unspecified atom stereocenters. The molecule has 2 aliphatic rings. The zero-order chi connectivity index (χ0) is 28.6. The van der Waals surface area contributed by atoms with Gasteiger partial charge in [-0.2, -0.15) is 13.8 Å². The predicted molar refractivity (Wildman–Crippen MR) is 142 cm³/mol. The Morgan fingerprint density at radius 1 is 1.45 bits per heavy atom. The fourth-order valence-electron chi connectivity index (χ4n) is 4.52. The average Bonchev–Trinajstić information content (AvgIpc) is 3.65. The topological polar surface area (TPSA) is 218 Å². The lowest BCUT2D eigenvalue weighted by molar-refractivity contribution is -0.696. The molecule has 40 heavy (non-hydrogen) atoms. The number of nitrogen functional groups attached to an aromatic ring is 1. The number of rotatable bonds is 11. The smallest absolute Gasteiger partial charge is 0.352 e. The number of nitrogens with zero attached hydrogens (tertiary/aromatic N) is 6. The Balaban J connectivity index is 1.40. The van der Waals surface area contributed by atoms with Crippen LogP contribution in [0, 0.1) is 0 Å². The quantitative estimate of drug-likeness (QED) is 0.0543. The van der Waals surface area contributed by atoms with Crippen LogP contribution in [0.15, 0.2) is 34.2 Å². The van der Waals surface area contributed by atoms with Crippen LogP contribution in [0.4, 0.5) is 5.13 Å². The summed E-state index contributed by atoms with van der Waals surface area (Å²) in [5.41, 5.74) is 5.58. The van der Waals surface area contributed by atoms with Gasteiger partial charge in [0.15, 0.2) is 11.2 Å². The highest BCUT2D eigenvalue weighted by Gasteiger charge is 2.54. The number of nitrogens with one attached hydrogen (secondary N) is 2. The van der Waals surface area contributed by atoms with E-state index < -0.39 is 35.2 Å². The molecule has 3 amide bonds. The summed E-state index contributed by atoms with van der Waals surface area (Å²) in [6.07, 6.45) is 4.05. The van der Waals surface area contributed by atoms with Crippen molar-refractivity contribution in [3.63, 3.8) is 0 Å². The van der Waals surface area contributed by atoms with Crippen LogP contribution >= 0.6 is 34.6 Å². The largest absolute Gasteiger partial charge is 0.477 e. The van der Waals surface area contributed by atoms with Crippen LogP contribution in [0.2, 0.25) is 0 Å². The van der Waals surface area contributed by atoms with Crippen molar-refractivity contribution in [2.24, 2.45) is 5.16 Å². The van der Waals surface area contributed by atoms with Gasteiger partial charge in [0.25, 0.3) is 17.6 Å². The number of β-lactam (4-membered cyclic amide) rings is 1. The number of aliphatic hydroxyl groups is 1. The van der Waals surface area contributed by atoms with Crippen molar-refractivity contribution in [2.45, 2.75) is 24.0 Å². The number of thioether (sulfide) groups is 1. The number of oxime groups is 1. The number of thiazole rings is 1. The first-order chi connectivity index (χ1) is 19.3. The Hall–Kier alpha value is -4.07. The first-order valence-electron chi connectivity index (χ1n) is 11.5. The Labute approximate surface area is 237 Å². The molecule has 2 aliphatic heterocycles. The second-order valence-electron chi connectivity index (χ2n) is 8.44. The van der Waals surface area contributed by atoms with Crippen molar-refractivity contribution in [3.8, 4) is 0 Å². The molecular formula is C21H22N9O7S3+. The molecule has 5 rings (SSSR count). The van der Waals surface area contributed by atoms with Gasteiger partial charge in [0.1, 0.15) is 43.2 Å². The van der Waals surface area contributed by atoms with E-state index in [-0.39, 0.29) is 41.3 Å². The van der Waals surface area contributed by atoms with Gasteiger partial charge < -0.3 is 31.4 Å². The molecule has 0 spiro atoms. The van der Waals surface area contributed by atoms with Crippen LogP contribution in [0.5, 0.6) is 0 Å². The standard InChI is InChI=1S/C21H21N9O7S3/c1-37-26-12(15-25-21(22)40-27-15)16(33)24-13-18(34)30-14(20(35)36)9(7-39-19(13)30)4-28-5-11-29(2-3-38-11)17(28)10(6-31)23-8-32/h2-3,5,8,10,13,19,31H,4,6-7H2,1H3,(H4-,22,23,24,25,27,32,33,35,36)/p+1/b26-12-/t10-,13+,19+/m0/s1. The van der Waals surface area contributed by atoms with E-state index in [4.69, 9.17) is 10.6 Å². The maximum atomic E-state index is 13.2. The van der Waals surface area contributed by atoms with Gasteiger partial charge >= 0.3 is 5.97 Å². The van der Waals surface area contributed by atoms with Crippen molar-refractivity contribution in [3.05, 3.63) is 40.7 Å². The number of aliphatic carboxylic acids is 1. The summed E-state index contributed by atoms with van der Waals surface area (Å²) in [7, 11) is 1.23. The summed E-state index contributed by atoms with van der Waals surface area (Å²) in [5.74, 6) is -1.97. The van der Waals surface area contributed by atoms with Crippen LogP contribution in [0.1, 0.15) is 17.7 Å². The number of amides is 3. The molecule has 210 valence electrons.